The summed E-state index contributed by atoms with van der Waals surface area (Å²) in [6, 6.07) is 17.1. The minimum Gasteiger partial charge on any atom is -0.370 e. The van der Waals surface area contributed by atoms with Crippen LogP contribution in [0.25, 0.3) is 0 Å². The van der Waals surface area contributed by atoms with E-state index in [1.807, 2.05) is 6.07 Å². The third-order valence-corrected chi connectivity index (χ3v) is 3.47. The Hall–Kier alpha value is -1.80. The first-order valence-corrected chi connectivity index (χ1v) is 6.81. The summed E-state index contributed by atoms with van der Waals surface area (Å²) < 4.78 is 0. The molecule has 2 aromatic carbocycles. The Kier molecular flexibility index (Phi) is 4.58. The van der Waals surface area contributed by atoms with Gasteiger partial charge in [-0.25, -0.2) is 0 Å². The van der Waals surface area contributed by atoms with Crippen LogP contribution in [0.3, 0.4) is 0 Å². The Labute approximate surface area is 115 Å². The quantitative estimate of drug-likeness (QED) is 0.886. The molecule has 0 spiro atoms. The van der Waals surface area contributed by atoms with Gasteiger partial charge in [0.15, 0.2) is 0 Å². The first-order valence-electron chi connectivity index (χ1n) is 6.81. The van der Waals surface area contributed by atoms with Crippen molar-refractivity contribution in [2.45, 2.75) is 26.4 Å². The molecule has 2 N–H and O–H groups in total. The zero-order valence-corrected chi connectivity index (χ0v) is 11.8. The first kappa shape index (κ1) is 13.6. The number of hydrogen-bond donors (Lipinski definition) is 1. The largest absolute Gasteiger partial charge is 0.370 e. The van der Waals surface area contributed by atoms with Gasteiger partial charge in [-0.05, 0) is 29.2 Å². The van der Waals surface area contributed by atoms with Crippen molar-refractivity contribution in [1.82, 2.24) is 0 Å². The number of rotatable bonds is 5. The summed E-state index contributed by atoms with van der Waals surface area (Å²) in [6.45, 7) is 3.66. The summed E-state index contributed by atoms with van der Waals surface area (Å²) in [5.74, 6) is 0. The van der Waals surface area contributed by atoms with Crippen molar-refractivity contribution in [1.29, 1.82) is 0 Å². The summed E-state index contributed by atoms with van der Waals surface area (Å²) in [7, 11) is 2.11. The van der Waals surface area contributed by atoms with Crippen molar-refractivity contribution in [3.05, 3.63) is 65.2 Å². The lowest BCUT2D eigenvalue weighted by Crippen LogP contribution is -2.18. The third kappa shape index (κ3) is 3.36. The van der Waals surface area contributed by atoms with Gasteiger partial charge in [0.25, 0.3) is 0 Å². The average Bonchev–Trinajstić information content (AvgIpc) is 2.48. The minimum absolute atomic E-state index is 0.579. The topological polar surface area (TPSA) is 29.3 Å². The van der Waals surface area contributed by atoms with Crippen LogP contribution in [0.15, 0.2) is 48.5 Å². The number of nitrogens with zero attached hydrogens (tertiary/aromatic N) is 1. The highest BCUT2D eigenvalue weighted by Crippen LogP contribution is 2.20. The molecule has 0 aliphatic carbocycles. The van der Waals surface area contributed by atoms with Crippen molar-refractivity contribution in [2.24, 2.45) is 5.73 Å². The normalized spacial score (nSPS) is 10.5. The Morgan fingerprint density at radius 3 is 2.21 bits per heavy atom. The summed E-state index contributed by atoms with van der Waals surface area (Å²) >= 11 is 0. The maximum Gasteiger partial charge on any atom is 0.0426 e. The fourth-order valence-corrected chi connectivity index (χ4v) is 2.30. The SMILES string of the molecule is CCc1ccc(CN(C)c2ccccc2CN)cc1. The van der Waals surface area contributed by atoms with Crippen LogP contribution < -0.4 is 10.6 Å². The van der Waals surface area contributed by atoms with Crippen LogP contribution in [0.4, 0.5) is 5.69 Å². The Morgan fingerprint density at radius 2 is 1.58 bits per heavy atom. The number of aryl methyl sites for hydroxylation is 1. The summed E-state index contributed by atoms with van der Waals surface area (Å²) in [5, 5.41) is 0. The smallest absolute Gasteiger partial charge is 0.0426 e. The van der Waals surface area contributed by atoms with E-state index in [-0.39, 0.29) is 0 Å². The van der Waals surface area contributed by atoms with Gasteiger partial charge in [-0.15, -0.1) is 0 Å². The van der Waals surface area contributed by atoms with Crippen LogP contribution >= 0.6 is 0 Å². The van der Waals surface area contributed by atoms with E-state index in [4.69, 9.17) is 5.73 Å². The minimum atomic E-state index is 0.579. The molecule has 0 aliphatic rings. The number of hydrogen-bond acceptors (Lipinski definition) is 2. The van der Waals surface area contributed by atoms with E-state index in [9.17, 15) is 0 Å². The van der Waals surface area contributed by atoms with Gasteiger partial charge in [0.1, 0.15) is 0 Å². The van der Waals surface area contributed by atoms with Crippen molar-refractivity contribution in [3.8, 4) is 0 Å². The first-order chi connectivity index (χ1) is 9.24. The summed E-state index contributed by atoms with van der Waals surface area (Å²) in [4.78, 5) is 2.25. The van der Waals surface area contributed by atoms with Crippen molar-refractivity contribution in [3.63, 3.8) is 0 Å². The highest BCUT2D eigenvalue weighted by atomic mass is 15.1. The zero-order valence-electron chi connectivity index (χ0n) is 11.8. The van der Waals surface area contributed by atoms with Gasteiger partial charge in [0.05, 0.1) is 0 Å². The van der Waals surface area contributed by atoms with Crippen LogP contribution in [-0.4, -0.2) is 7.05 Å². The van der Waals surface area contributed by atoms with Crippen molar-refractivity contribution in [2.75, 3.05) is 11.9 Å². The van der Waals surface area contributed by atoms with Crippen molar-refractivity contribution >= 4 is 5.69 Å². The van der Waals surface area contributed by atoms with Crippen LogP contribution in [0.5, 0.6) is 0 Å². The molecule has 0 aromatic heterocycles. The van der Waals surface area contributed by atoms with Gasteiger partial charge in [-0.2, -0.15) is 0 Å². The van der Waals surface area contributed by atoms with Crippen molar-refractivity contribution < 1.29 is 0 Å². The van der Waals surface area contributed by atoms with E-state index in [1.54, 1.807) is 0 Å². The van der Waals surface area contributed by atoms with Gasteiger partial charge in [0.2, 0.25) is 0 Å². The van der Waals surface area contributed by atoms with E-state index in [0.29, 0.717) is 6.54 Å². The van der Waals surface area contributed by atoms with Gasteiger partial charge in [0, 0.05) is 25.8 Å². The molecule has 2 rings (SSSR count). The monoisotopic (exact) mass is 254 g/mol. The molecule has 0 saturated carbocycles. The van der Waals surface area contributed by atoms with Gasteiger partial charge in [-0.1, -0.05) is 49.4 Å². The fourth-order valence-electron chi connectivity index (χ4n) is 2.30. The predicted molar refractivity (Wildman–Crippen MR) is 82.3 cm³/mol. The molecule has 0 atom stereocenters. The van der Waals surface area contributed by atoms with E-state index in [0.717, 1.165) is 13.0 Å². The molecule has 0 unspecified atom stereocenters. The van der Waals surface area contributed by atoms with E-state index >= 15 is 0 Å². The Bertz CT molecular complexity index is 517. The Balaban J connectivity index is 2.13. The summed E-state index contributed by atoms with van der Waals surface area (Å²) in [5.41, 5.74) is 10.9. The third-order valence-electron chi connectivity index (χ3n) is 3.47. The van der Waals surface area contributed by atoms with Crippen LogP contribution in [0.2, 0.25) is 0 Å². The molecule has 0 saturated heterocycles. The number of para-hydroxylation sites is 1. The lowest BCUT2D eigenvalue weighted by molar-refractivity contribution is 0.902. The van der Waals surface area contributed by atoms with E-state index in [1.165, 1.54) is 22.4 Å². The molecule has 0 heterocycles. The molecule has 2 aromatic rings. The standard InChI is InChI=1S/C17H22N2/c1-3-14-8-10-15(11-9-14)13-19(2)17-7-5-4-6-16(17)12-18/h4-11H,3,12-13,18H2,1-2H3. The molecule has 0 amide bonds. The molecule has 2 nitrogen and oxygen atoms in total. The second-order valence-corrected chi connectivity index (χ2v) is 4.86. The van der Waals surface area contributed by atoms with Gasteiger partial charge in [-0.3, -0.25) is 0 Å². The maximum absolute atomic E-state index is 5.79. The summed E-state index contributed by atoms with van der Waals surface area (Å²) in [6.07, 6.45) is 1.09. The molecule has 2 heteroatoms. The van der Waals surface area contributed by atoms with Crippen LogP contribution in [0, 0.1) is 0 Å². The lowest BCUT2D eigenvalue weighted by Gasteiger charge is -2.22. The molecular weight excluding hydrogens is 232 g/mol. The molecule has 0 radical (unpaired) electrons. The molecular formula is C17H22N2. The molecule has 19 heavy (non-hydrogen) atoms. The number of anilines is 1. The van der Waals surface area contributed by atoms with Gasteiger partial charge < -0.3 is 10.6 Å². The Morgan fingerprint density at radius 1 is 0.947 bits per heavy atom. The molecule has 0 bridgehead atoms. The number of nitrogens with two attached hydrogens (primary N) is 1. The number of benzene rings is 2. The highest BCUT2D eigenvalue weighted by molar-refractivity contribution is 5.53. The van der Waals surface area contributed by atoms with Gasteiger partial charge >= 0.3 is 0 Å². The zero-order chi connectivity index (χ0) is 13.7. The second kappa shape index (κ2) is 6.39. The highest BCUT2D eigenvalue weighted by Gasteiger charge is 2.06. The average molecular weight is 254 g/mol. The molecule has 0 fully saturated rings. The molecule has 100 valence electrons. The van der Waals surface area contributed by atoms with Crippen LogP contribution in [0.1, 0.15) is 23.6 Å². The predicted octanol–water partition coefficient (Wildman–Crippen LogP) is 3.34. The molecule has 0 aliphatic heterocycles. The van der Waals surface area contributed by atoms with E-state index < -0.39 is 0 Å². The maximum atomic E-state index is 5.79. The fraction of sp³-hybridized carbons (Fsp3) is 0.294. The van der Waals surface area contributed by atoms with E-state index in [2.05, 4.69) is 61.3 Å². The van der Waals surface area contributed by atoms with Crippen LogP contribution in [-0.2, 0) is 19.5 Å². The second-order valence-electron chi connectivity index (χ2n) is 4.86. The lowest BCUT2D eigenvalue weighted by atomic mass is 10.1.